The monoisotopic (exact) mass is 742 g/mol. The minimum Gasteiger partial charge on any atom is -0.492 e. The Hall–Kier alpha value is -5.27. The molecule has 0 aromatic heterocycles. The van der Waals surface area contributed by atoms with Crippen molar-refractivity contribution in [2.75, 3.05) is 53.5 Å². The molecule has 0 aliphatic heterocycles. The van der Waals surface area contributed by atoms with E-state index in [1.54, 1.807) is 49.5 Å². The van der Waals surface area contributed by atoms with E-state index in [-0.39, 0.29) is 51.3 Å². The van der Waals surface area contributed by atoms with E-state index in [9.17, 15) is 19.2 Å². The highest BCUT2D eigenvalue weighted by molar-refractivity contribution is 6.30. The Morgan fingerprint density at radius 1 is 0.830 bits per heavy atom. The number of hydrogen-bond donors (Lipinski definition) is 5. The highest BCUT2D eigenvalue weighted by atomic mass is 35.5. The van der Waals surface area contributed by atoms with Gasteiger partial charge in [-0.1, -0.05) is 48.0 Å². The number of halogens is 1. The normalized spacial score (nSPS) is 12.0. The molecule has 0 radical (unpaired) electrons. The Labute approximate surface area is 315 Å². The molecule has 2 atom stereocenters. The number of carbonyl (C=O) groups excluding carboxylic acids is 4. The van der Waals surface area contributed by atoms with E-state index in [1.807, 2.05) is 49.4 Å². The molecule has 0 heterocycles. The fourth-order valence-corrected chi connectivity index (χ4v) is 5.85. The molecule has 0 aliphatic carbocycles. The first-order valence-electron chi connectivity index (χ1n) is 17.3. The van der Waals surface area contributed by atoms with Gasteiger partial charge in [-0.05, 0) is 91.2 Å². The number of nitrogens with two attached hydrogens (primary N) is 2. The number of benzene rings is 4. The summed E-state index contributed by atoms with van der Waals surface area (Å²) in [6.07, 6.45) is 1.21. The van der Waals surface area contributed by atoms with Crippen LogP contribution in [0.2, 0.25) is 5.02 Å². The maximum Gasteiger partial charge on any atom is 0.251 e. The molecule has 0 spiro atoms. The second-order valence-electron chi connectivity index (χ2n) is 12.4. The van der Waals surface area contributed by atoms with Gasteiger partial charge in [0.15, 0.2) is 0 Å². The van der Waals surface area contributed by atoms with Crippen molar-refractivity contribution in [2.24, 2.45) is 11.5 Å². The van der Waals surface area contributed by atoms with Crippen molar-refractivity contribution in [2.45, 2.75) is 25.4 Å². The fourth-order valence-electron chi connectivity index (χ4n) is 5.72. The van der Waals surface area contributed by atoms with Crippen molar-refractivity contribution < 1.29 is 28.7 Å². The molecule has 13 heteroatoms. The third kappa shape index (κ3) is 11.4. The van der Waals surface area contributed by atoms with E-state index in [0.717, 1.165) is 16.7 Å². The molecular formula is C40H47ClN6O6. The molecule has 4 aromatic rings. The summed E-state index contributed by atoms with van der Waals surface area (Å²) in [7, 11) is 3.22. The van der Waals surface area contributed by atoms with E-state index >= 15 is 0 Å². The summed E-state index contributed by atoms with van der Waals surface area (Å²) in [6, 6.07) is 24.1. The van der Waals surface area contributed by atoms with Crippen LogP contribution in [0.1, 0.15) is 34.5 Å². The topological polar surface area (TPSA) is 178 Å². The van der Waals surface area contributed by atoms with E-state index in [0.29, 0.717) is 51.5 Å². The van der Waals surface area contributed by atoms with E-state index < -0.39 is 17.9 Å². The van der Waals surface area contributed by atoms with Crippen LogP contribution in [0.3, 0.4) is 0 Å². The average Bonchev–Trinajstić information content (AvgIpc) is 3.16. The lowest BCUT2D eigenvalue weighted by atomic mass is 9.95. The molecule has 0 aliphatic rings. The average molecular weight is 743 g/mol. The van der Waals surface area contributed by atoms with Crippen molar-refractivity contribution >= 4 is 35.6 Å². The quantitative estimate of drug-likeness (QED) is 0.0896. The Kier molecular flexibility index (Phi) is 15.4. The van der Waals surface area contributed by atoms with Crippen molar-refractivity contribution in [1.82, 2.24) is 20.9 Å². The van der Waals surface area contributed by atoms with Gasteiger partial charge in [-0.2, -0.15) is 0 Å². The van der Waals surface area contributed by atoms with Crippen LogP contribution in [0.5, 0.6) is 11.5 Å². The molecule has 7 N–H and O–H groups in total. The smallest absolute Gasteiger partial charge is 0.251 e. The van der Waals surface area contributed by atoms with Gasteiger partial charge >= 0.3 is 0 Å². The molecular weight excluding hydrogens is 696 g/mol. The molecule has 12 nitrogen and oxygen atoms in total. The van der Waals surface area contributed by atoms with Gasteiger partial charge in [0, 0.05) is 47.9 Å². The summed E-state index contributed by atoms with van der Waals surface area (Å²) in [5.74, 6) is 0.0208. The van der Waals surface area contributed by atoms with E-state index in [2.05, 4.69) is 16.0 Å². The summed E-state index contributed by atoms with van der Waals surface area (Å²) in [5.41, 5.74) is 16.5. The summed E-state index contributed by atoms with van der Waals surface area (Å²) < 4.78 is 12.1. The van der Waals surface area contributed by atoms with E-state index in [1.165, 1.54) is 11.9 Å². The Morgan fingerprint density at radius 2 is 1.42 bits per heavy atom. The van der Waals surface area contributed by atoms with E-state index in [4.69, 9.17) is 32.5 Å². The molecule has 2 unspecified atom stereocenters. The van der Waals surface area contributed by atoms with Crippen molar-refractivity contribution in [1.29, 1.82) is 0 Å². The molecule has 0 bridgehead atoms. The minimum absolute atomic E-state index is 0.115. The zero-order chi connectivity index (χ0) is 38.3. The Balaban J connectivity index is 1.56. The molecule has 0 saturated carbocycles. The number of aldehydes is 1. The molecule has 53 heavy (non-hydrogen) atoms. The standard InChI is InChI=1S/C40H47ClN6O6/c1-26(46-38(49)23-44-2)20-27-4-14-36(52-18-16-42)33(21-27)34-22-31(11-15-37(34)53-19-17-43)35(25-48)47(3)39(50)24-45-40(51)30-7-5-28(6-8-30)29-9-12-32(41)13-10-29/h4-15,21-22,25-26,35,44H,16-20,23-24,42-43H2,1-3H3,(H,45,51)(H,46,49). The lowest BCUT2D eigenvalue weighted by Gasteiger charge is -2.26. The third-order valence-corrected chi connectivity index (χ3v) is 8.63. The van der Waals surface area contributed by atoms with Gasteiger partial charge in [-0.25, -0.2) is 0 Å². The lowest BCUT2D eigenvalue weighted by Crippen LogP contribution is -2.40. The first kappa shape index (κ1) is 40.5. The molecule has 4 rings (SSSR count). The maximum absolute atomic E-state index is 13.4. The predicted octanol–water partition coefficient (Wildman–Crippen LogP) is 3.74. The minimum atomic E-state index is -0.987. The molecule has 0 saturated heterocycles. The lowest BCUT2D eigenvalue weighted by molar-refractivity contribution is -0.134. The largest absolute Gasteiger partial charge is 0.492 e. The number of carbonyl (C=O) groups is 4. The number of rotatable bonds is 19. The first-order chi connectivity index (χ1) is 25.6. The number of amides is 3. The van der Waals surface area contributed by atoms with Crippen LogP contribution in [-0.2, 0) is 20.8 Å². The van der Waals surface area contributed by atoms with Gasteiger partial charge in [-0.3, -0.25) is 14.4 Å². The first-order valence-corrected chi connectivity index (χ1v) is 17.7. The number of nitrogens with one attached hydrogen (secondary N) is 3. The highest BCUT2D eigenvalue weighted by Gasteiger charge is 2.24. The maximum atomic E-state index is 13.4. The van der Waals surface area contributed by atoms with Gasteiger partial charge in [0.1, 0.15) is 37.0 Å². The Bertz CT molecular complexity index is 1850. The van der Waals surface area contributed by atoms with Crippen LogP contribution < -0.4 is 36.9 Å². The number of ether oxygens (including phenoxy) is 2. The van der Waals surface area contributed by atoms with Crippen LogP contribution in [-0.4, -0.2) is 88.4 Å². The molecule has 4 aromatic carbocycles. The van der Waals surface area contributed by atoms with Crippen LogP contribution in [0.15, 0.2) is 84.9 Å². The van der Waals surface area contributed by atoms with Crippen LogP contribution in [0.25, 0.3) is 22.3 Å². The Morgan fingerprint density at radius 3 is 2.00 bits per heavy atom. The highest BCUT2D eigenvalue weighted by Crippen LogP contribution is 2.39. The SMILES string of the molecule is CNCC(=O)NC(C)Cc1ccc(OCCN)c(-c2cc(C(C=O)N(C)C(=O)CNC(=O)c3ccc(-c4ccc(Cl)cc4)cc3)ccc2OCCN)c1. The summed E-state index contributed by atoms with van der Waals surface area (Å²) in [6.45, 7) is 2.85. The van der Waals surface area contributed by atoms with Gasteiger partial charge < -0.3 is 46.6 Å². The zero-order valence-corrected chi connectivity index (χ0v) is 30.9. The predicted molar refractivity (Wildman–Crippen MR) is 207 cm³/mol. The van der Waals surface area contributed by atoms with Crippen LogP contribution in [0.4, 0.5) is 0 Å². The number of hydrogen-bond acceptors (Lipinski definition) is 9. The van der Waals surface area contributed by atoms with Crippen molar-refractivity contribution in [3.8, 4) is 33.8 Å². The van der Waals surface area contributed by atoms with Crippen molar-refractivity contribution in [3.63, 3.8) is 0 Å². The molecule has 3 amide bonds. The van der Waals surface area contributed by atoms with Gasteiger partial charge in [0.05, 0.1) is 13.1 Å². The molecule has 0 fully saturated rings. The van der Waals surface area contributed by atoms with Gasteiger partial charge in [-0.15, -0.1) is 0 Å². The van der Waals surface area contributed by atoms with Gasteiger partial charge in [0.25, 0.3) is 5.91 Å². The zero-order valence-electron chi connectivity index (χ0n) is 30.2. The molecule has 280 valence electrons. The van der Waals surface area contributed by atoms with Crippen LogP contribution >= 0.6 is 11.6 Å². The fraction of sp³-hybridized carbons (Fsp3) is 0.300. The summed E-state index contributed by atoms with van der Waals surface area (Å²) in [5, 5.41) is 9.11. The summed E-state index contributed by atoms with van der Waals surface area (Å²) >= 11 is 5.99. The van der Waals surface area contributed by atoms with Crippen LogP contribution in [0, 0.1) is 0 Å². The van der Waals surface area contributed by atoms with Crippen molar-refractivity contribution in [3.05, 3.63) is 107 Å². The third-order valence-electron chi connectivity index (χ3n) is 8.38. The second-order valence-corrected chi connectivity index (χ2v) is 12.9. The summed E-state index contributed by atoms with van der Waals surface area (Å²) in [4.78, 5) is 52.4. The number of nitrogens with zero attached hydrogens (tertiary/aromatic N) is 1. The second kappa shape index (κ2) is 20.1. The van der Waals surface area contributed by atoms with Gasteiger partial charge in [0.2, 0.25) is 11.8 Å². The number of likely N-dealkylation sites (N-methyl/N-ethyl adjacent to an activating group) is 2.